The third-order valence-corrected chi connectivity index (χ3v) is 7.00. The number of imidazole rings is 1. The molecule has 3 aromatic rings. The molecule has 0 bridgehead atoms. The third kappa shape index (κ3) is 6.98. The molecule has 9 heteroatoms. The van der Waals surface area contributed by atoms with Gasteiger partial charge in [0.25, 0.3) is 0 Å². The Kier molecular flexibility index (Phi) is 9.18. The highest BCUT2D eigenvalue weighted by molar-refractivity contribution is 7.99. The minimum Gasteiger partial charge on any atom is -0.445 e. The summed E-state index contributed by atoms with van der Waals surface area (Å²) in [5.41, 5.74) is 3.74. The van der Waals surface area contributed by atoms with Gasteiger partial charge in [-0.25, -0.2) is 9.78 Å². The van der Waals surface area contributed by atoms with Crippen molar-refractivity contribution in [2.24, 2.45) is 7.05 Å². The van der Waals surface area contributed by atoms with Crippen LogP contribution in [0.2, 0.25) is 0 Å². The van der Waals surface area contributed by atoms with Crippen LogP contribution in [-0.4, -0.2) is 39.2 Å². The second kappa shape index (κ2) is 12.7. The van der Waals surface area contributed by atoms with Gasteiger partial charge in [0.2, 0.25) is 0 Å². The van der Waals surface area contributed by atoms with E-state index in [1.807, 2.05) is 66.3 Å². The molecule has 36 heavy (non-hydrogen) atoms. The van der Waals surface area contributed by atoms with Gasteiger partial charge in [-0.15, -0.1) is 0 Å². The lowest BCUT2D eigenvalue weighted by atomic mass is 10.0. The Morgan fingerprint density at radius 2 is 1.92 bits per heavy atom. The van der Waals surface area contributed by atoms with Gasteiger partial charge in [0.1, 0.15) is 6.61 Å². The highest BCUT2D eigenvalue weighted by atomic mass is 32.2. The maximum Gasteiger partial charge on any atom is 0.407 e. The zero-order valence-electron chi connectivity index (χ0n) is 20.2. The van der Waals surface area contributed by atoms with E-state index in [0.717, 1.165) is 33.2 Å². The Balaban J connectivity index is 1.45. The number of aliphatic hydroxyl groups is 1. The fourth-order valence-electron chi connectivity index (χ4n) is 3.83. The number of benzene rings is 2. The summed E-state index contributed by atoms with van der Waals surface area (Å²) in [5, 5.41) is 13.0. The molecule has 1 aliphatic heterocycles. The summed E-state index contributed by atoms with van der Waals surface area (Å²) in [4.78, 5) is 16.1. The van der Waals surface area contributed by atoms with Crippen LogP contribution >= 0.6 is 11.8 Å². The Hall–Kier alpha value is -3.11. The number of ether oxygens (including phenoxy) is 3. The van der Waals surface area contributed by atoms with Crippen molar-refractivity contribution in [2.45, 2.75) is 43.2 Å². The number of aromatic nitrogens is 2. The summed E-state index contributed by atoms with van der Waals surface area (Å²) in [5.74, 6) is 0.741. The van der Waals surface area contributed by atoms with Gasteiger partial charge in [-0.3, -0.25) is 0 Å². The quantitative estimate of drug-likeness (QED) is 0.303. The van der Waals surface area contributed by atoms with Gasteiger partial charge < -0.3 is 29.2 Å². The lowest BCUT2D eigenvalue weighted by Gasteiger charge is -2.36. The van der Waals surface area contributed by atoms with Crippen molar-refractivity contribution in [3.8, 4) is 0 Å². The maximum absolute atomic E-state index is 11.7. The molecular weight excluding hydrogens is 478 g/mol. The van der Waals surface area contributed by atoms with Crippen LogP contribution in [-0.2, 0) is 34.4 Å². The Bertz CT molecular complexity index is 1130. The number of nitrogens with zero attached hydrogens (tertiary/aromatic N) is 2. The molecule has 3 unspecified atom stereocenters. The fourth-order valence-corrected chi connectivity index (χ4v) is 4.78. The van der Waals surface area contributed by atoms with E-state index in [9.17, 15) is 9.90 Å². The predicted molar refractivity (Wildman–Crippen MR) is 137 cm³/mol. The second-order valence-electron chi connectivity index (χ2n) is 8.46. The van der Waals surface area contributed by atoms with Gasteiger partial charge in [-0.2, -0.15) is 0 Å². The number of carbonyl (C=O) groups excluding carboxylic acids is 1. The van der Waals surface area contributed by atoms with E-state index in [1.165, 1.54) is 6.08 Å². The molecule has 8 nitrogen and oxygen atoms in total. The van der Waals surface area contributed by atoms with Gasteiger partial charge in [-0.1, -0.05) is 72.9 Å². The molecule has 1 aliphatic rings. The number of thioether (sulfide) groups is 1. The summed E-state index contributed by atoms with van der Waals surface area (Å²) < 4.78 is 19.7. The number of hydrogen-bond donors (Lipinski definition) is 2. The third-order valence-electron chi connectivity index (χ3n) is 5.81. The summed E-state index contributed by atoms with van der Waals surface area (Å²) in [6, 6.07) is 15.6. The van der Waals surface area contributed by atoms with Crippen molar-refractivity contribution in [3.05, 3.63) is 95.8 Å². The van der Waals surface area contributed by atoms with Crippen LogP contribution < -0.4 is 5.32 Å². The van der Waals surface area contributed by atoms with Crippen molar-refractivity contribution in [1.82, 2.24) is 14.9 Å². The molecule has 0 aliphatic carbocycles. The largest absolute Gasteiger partial charge is 0.445 e. The molecule has 2 N–H and O–H groups in total. The van der Waals surface area contributed by atoms with E-state index in [0.29, 0.717) is 13.0 Å². The average molecular weight is 510 g/mol. The van der Waals surface area contributed by atoms with E-state index in [4.69, 9.17) is 14.2 Å². The van der Waals surface area contributed by atoms with E-state index >= 15 is 0 Å². The Labute approximate surface area is 215 Å². The lowest BCUT2D eigenvalue weighted by molar-refractivity contribution is -0.245. The molecular formula is C27H31N3O5S. The minimum atomic E-state index is -0.534. The van der Waals surface area contributed by atoms with Crippen LogP contribution in [0.1, 0.15) is 41.1 Å². The van der Waals surface area contributed by atoms with Crippen molar-refractivity contribution in [3.63, 3.8) is 0 Å². The molecule has 4 rings (SSSR count). The van der Waals surface area contributed by atoms with Crippen molar-refractivity contribution in [2.75, 3.05) is 12.4 Å². The molecule has 2 aromatic carbocycles. The summed E-state index contributed by atoms with van der Waals surface area (Å²) in [6.07, 6.45) is 4.73. The smallest absolute Gasteiger partial charge is 0.407 e. The zero-order valence-corrected chi connectivity index (χ0v) is 21.0. The number of aryl methyl sites for hydroxylation is 1. The van der Waals surface area contributed by atoms with E-state index < -0.39 is 12.4 Å². The van der Waals surface area contributed by atoms with Gasteiger partial charge in [0, 0.05) is 43.7 Å². The number of carbonyl (C=O) groups is 1. The first kappa shape index (κ1) is 26.0. The Morgan fingerprint density at radius 3 is 2.58 bits per heavy atom. The topological polar surface area (TPSA) is 94.8 Å². The first-order valence-corrected chi connectivity index (χ1v) is 12.8. The molecule has 0 saturated carbocycles. The number of amides is 1. The zero-order chi connectivity index (χ0) is 25.3. The minimum absolute atomic E-state index is 0.00759. The highest BCUT2D eigenvalue weighted by Crippen LogP contribution is 2.39. The van der Waals surface area contributed by atoms with Crippen LogP contribution in [0, 0.1) is 0 Å². The number of hydrogen-bond acceptors (Lipinski definition) is 7. The molecule has 0 radical (unpaired) electrons. The molecule has 190 valence electrons. The monoisotopic (exact) mass is 509 g/mol. The summed E-state index contributed by atoms with van der Waals surface area (Å²) >= 11 is 1.66. The van der Waals surface area contributed by atoms with Crippen molar-refractivity contribution in [1.29, 1.82) is 0 Å². The standard InChI is InChI=1S/C27H31N3O5S/c1-3-14-33-27(32)29-16-19-4-10-22(11-5-19)25-34-23(18-36-26-28-12-13-30(26)2)15-24(35-25)21-8-6-20(17-31)7-9-21/h3-13,23-25,31H,1,14-18H2,2H3,(H,29,32). The van der Waals surface area contributed by atoms with Gasteiger partial charge in [0.05, 0.1) is 18.8 Å². The molecule has 2 heterocycles. The molecule has 3 atom stereocenters. The molecule has 1 aromatic heterocycles. The molecule has 0 spiro atoms. The number of rotatable bonds is 10. The normalized spacial score (nSPS) is 19.6. The predicted octanol–water partition coefficient (Wildman–Crippen LogP) is 4.66. The fraction of sp³-hybridized carbons (Fsp3) is 0.333. The second-order valence-corrected chi connectivity index (χ2v) is 9.45. The summed E-state index contributed by atoms with van der Waals surface area (Å²) in [7, 11) is 1.98. The molecule has 1 saturated heterocycles. The average Bonchev–Trinajstić information content (AvgIpc) is 3.34. The number of aliphatic hydroxyl groups excluding tert-OH is 1. The van der Waals surface area contributed by atoms with E-state index in [2.05, 4.69) is 16.9 Å². The molecule has 1 fully saturated rings. The SMILES string of the molecule is C=CCOC(=O)NCc1ccc(C2OC(CSc3nccn3C)CC(c3ccc(CO)cc3)O2)cc1. The number of alkyl carbamates (subject to hydrolysis) is 1. The van der Waals surface area contributed by atoms with E-state index in [-0.39, 0.29) is 25.4 Å². The van der Waals surface area contributed by atoms with Crippen LogP contribution in [0.25, 0.3) is 0 Å². The first-order chi connectivity index (χ1) is 17.6. The lowest BCUT2D eigenvalue weighted by Crippen LogP contribution is -2.31. The highest BCUT2D eigenvalue weighted by Gasteiger charge is 2.32. The van der Waals surface area contributed by atoms with Crippen molar-refractivity contribution >= 4 is 17.9 Å². The molecule has 1 amide bonds. The Morgan fingerprint density at radius 1 is 1.19 bits per heavy atom. The first-order valence-electron chi connectivity index (χ1n) is 11.8. The van der Waals surface area contributed by atoms with Crippen LogP contribution in [0.4, 0.5) is 4.79 Å². The summed E-state index contributed by atoms with van der Waals surface area (Å²) in [6.45, 7) is 4.06. The maximum atomic E-state index is 11.7. The van der Waals surface area contributed by atoms with Crippen LogP contribution in [0.3, 0.4) is 0 Å². The van der Waals surface area contributed by atoms with Gasteiger partial charge >= 0.3 is 6.09 Å². The van der Waals surface area contributed by atoms with Crippen LogP contribution in [0.5, 0.6) is 0 Å². The van der Waals surface area contributed by atoms with E-state index in [1.54, 1.807) is 18.0 Å². The number of nitrogens with one attached hydrogen (secondary N) is 1. The van der Waals surface area contributed by atoms with Gasteiger partial charge in [-0.05, 0) is 16.7 Å². The van der Waals surface area contributed by atoms with Crippen molar-refractivity contribution < 1.29 is 24.1 Å². The van der Waals surface area contributed by atoms with Gasteiger partial charge in [0.15, 0.2) is 11.4 Å². The van der Waals surface area contributed by atoms with Crippen LogP contribution in [0.15, 0.2) is 78.7 Å².